The Morgan fingerprint density at radius 3 is 2.83 bits per heavy atom. The molecule has 0 aliphatic carbocycles. The van der Waals surface area contributed by atoms with E-state index in [1.165, 1.54) is 18.6 Å². The van der Waals surface area contributed by atoms with Gasteiger partial charge in [-0.25, -0.2) is 0 Å². The van der Waals surface area contributed by atoms with Crippen LogP contribution >= 0.6 is 0 Å². The predicted molar refractivity (Wildman–Crippen MR) is 83.1 cm³/mol. The molecule has 2 aromatic rings. The monoisotopic (exact) mass is 338 g/mol. The maximum atomic E-state index is 12.2. The van der Waals surface area contributed by atoms with Gasteiger partial charge in [0.1, 0.15) is 5.75 Å². The number of piperidine rings is 1. The van der Waals surface area contributed by atoms with Crippen LogP contribution < -0.4 is 10.1 Å². The van der Waals surface area contributed by atoms with Gasteiger partial charge in [0.05, 0.1) is 12.2 Å². The molecule has 0 saturated carbocycles. The quantitative estimate of drug-likeness (QED) is 0.860. The largest absolute Gasteiger partial charge is 0.435 e. The average Bonchev–Trinajstić information content (AvgIpc) is 3.03. The van der Waals surface area contributed by atoms with Crippen LogP contribution in [0.25, 0.3) is 5.69 Å². The standard InChI is InChI=1S/C15H20F2N6O/c1-18-11-3-2-8-22(9-11)10-14-19-20-21-23(14)12-4-6-13(7-5-12)24-15(16)17/h4-7,11,15,18H,2-3,8-10H2,1H3. The molecule has 0 amide bonds. The molecule has 1 aliphatic heterocycles. The zero-order valence-corrected chi connectivity index (χ0v) is 13.4. The summed E-state index contributed by atoms with van der Waals surface area (Å²) in [6.07, 6.45) is 2.30. The van der Waals surface area contributed by atoms with E-state index in [1.807, 2.05) is 7.05 Å². The van der Waals surface area contributed by atoms with E-state index in [1.54, 1.807) is 16.8 Å². The second-order valence-electron chi connectivity index (χ2n) is 5.74. The first-order valence-electron chi connectivity index (χ1n) is 7.88. The second kappa shape index (κ2) is 7.63. The van der Waals surface area contributed by atoms with Gasteiger partial charge in [0.15, 0.2) is 5.82 Å². The zero-order chi connectivity index (χ0) is 16.9. The fourth-order valence-electron chi connectivity index (χ4n) is 2.91. The SMILES string of the molecule is CNC1CCCN(Cc2nnnn2-c2ccc(OC(F)F)cc2)C1. The molecule has 24 heavy (non-hydrogen) atoms. The summed E-state index contributed by atoms with van der Waals surface area (Å²) in [5, 5.41) is 15.2. The minimum Gasteiger partial charge on any atom is -0.435 e. The number of rotatable bonds is 6. The van der Waals surface area contributed by atoms with Gasteiger partial charge in [0.2, 0.25) is 0 Å². The van der Waals surface area contributed by atoms with Crippen molar-refractivity contribution in [1.29, 1.82) is 0 Å². The van der Waals surface area contributed by atoms with Gasteiger partial charge < -0.3 is 10.1 Å². The first kappa shape index (κ1) is 16.7. The molecule has 2 heterocycles. The third kappa shape index (κ3) is 4.04. The summed E-state index contributed by atoms with van der Waals surface area (Å²) < 4.78 is 30.4. The smallest absolute Gasteiger partial charge is 0.387 e. The van der Waals surface area contributed by atoms with Crippen molar-refractivity contribution in [2.45, 2.75) is 32.0 Å². The van der Waals surface area contributed by atoms with Crippen molar-refractivity contribution in [2.24, 2.45) is 0 Å². The molecule has 1 saturated heterocycles. The van der Waals surface area contributed by atoms with Crippen LogP contribution in [0.4, 0.5) is 8.78 Å². The molecule has 0 radical (unpaired) electrons. The van der Waals surface area contributed by atoms with E-state index in [4.69, 9.17) is 0 Å². The van der Waals surface area contributed by atoms with E-state index in [0.717, 1.165) is 19.5 Å². The third-order valence-electron chi connectivity index (χ3n) is 4.12. The Morgan fingerprint density at radius 1 is 1.33 bits per heavy atom. The van der Waals surface area contributed by atoms with Gasteiger partial charge in [-0.05, 0) is 61.1 Å². The lowest BCUT2D eigenvalue weighted by Crippen LogP contribution is -2.44. The van der Waals surface area contributed by atoms with Gasteiger partial charge in [-0.15, -0.1) is 5.10 Å². The first-order valence-corrected chi connectivity index (χ1v) is 7.88. The van der Waals surface area contributed by atoms with E-state index < -0.39 is 6.61 Å². The van der Waals surface area contributed by atoms with Crippen LogP contribution in [0.5, 0.6) is 5.75 Å². The molecule has 1 atom stereocenters. The van der Waals surface area contributed by atoms with Crippen molar-refractivity contribution in [3.05, 3.63) is 30.1 Å². The van der Waals surface area contributed by atoms with Crippen molar-refractivity contribution in [3.8, 4) is 11.4 Å². The summed E-state index contributed by atoms with van der Waals surface area (Å²) in [6, 6.07) is 6.75. The molecule has 1 unspecified atom stereocenters. The summed E-state index contributed by atoms with van der Waals surface area (Å²) in [4.78, 5) is 2.31. The van der Waals surface area contributed by atoms with E-state index in [0.29, 0.717) is 24.1 Å². The van der Waals surface area contributed by atoms with Gasteiger partial charge in [0.25, 0.3) is 0 Å². The number of likely N-dealkylation sites (tertiary alicyclic amines) is 1. The van der Waals surface area contributed by atoms with Gasteiger partial charge in [-0.2, -0.15) is 13.5 Å². The summed E-state index contributed by atoms with van der Waals surface area (Å²) in [7, 11) is 1.97. The van der Waals surface area contributed by atoms with Crippen molar-refractivity contribution >= 4 is 0 Å². The highest BCUT2D eigenvalue weighted by molar-refractivity contribution is 5.37. The Labute approximate surface area is 138 Å². The number of tetrazole rings is 1. The van der Waals surface area contributed by atoms with Crippen molar-refractivity contribution in [3.63, 3.8) is 0 Å². The first-order chi connectivity index (χ1) is 11.7. The van der Waals surface area contributed by atoms with Crippen LogP contribution in [-0.4, -0.2) is 57.9 Å². The van der Waals surface area contributed by atoms with E-state index in [9.17, 15) is 8.78 Å². The van der Waals surface area contributed by atoms with Crippen molar-refractivity contribution in [1.82, 2.24) is 30.4 Å². The Bertz CT molecular complexity index is 648. The molecule has 1 fully saturated rings. The average molecular weight is 338 g/mol. The van der Waals surface area contributed by atoms with Crippen LogP contribution in [0.2, 0.25) is 0 Å². The molecule has 1 aromatic carbocycles. The molecule has 9 heteroatoms. The molecule has 7 nitrogen and oxygen atoms in total. The fraction of sp³-hybridized carbons (Fsp3) is 0.533. The number of alkyl halides is 2. The Hall–Kier alpha value is -2.13. The highest BCUT2D eigenvalue weighted by Gasteiger charge is 2.21. The Kier molecular flexibility index (Phi) is 5.31. The summed E-state index contributed by atoms with van der Waals surface area (Å²) >= 11 is 0. The van der Waals surface area contributed by atoms with Gasteiger partial charge in [-0.3, -0.25) is 4.90 Å². The number of benzene rings is 1. The van der Waals surface area contributed by atoms with Gasteiger partial charge in [0, 0.05) is 12.6 Å². The maximum absolute atomic E-state index is 12.2. The van der Waals surface area contributed by atoms with E-state index in [2.05, 4.69) is 30.5 Å². The molecule has 0 spiro atoms. The summed E-state index contributed by atoms with van der Waals surface area (Å²) in [5.41, 5.74) is 0.707. The lowest BCUT2D eigenvalue weighted by Gasteiger charge is -2.31. The highest BCUT2D eigenvalue weighted by Crippen LogP contribution is 2.18. The Balaban J connectivity index is 1.70. The van der Waals surface area contributed by atoms with Crippen LogP contribution in [0.3, 0.4) is 0 Å². The van der Waals surface area contributed by atoms with Crippen molar-refractivity contribution in [2.75, 3.05) is 20.1 Å². The maximum Gasteiger partial charge on any atom is 0.387 e. The summed E-state index contributed by atoms with van der Waals surface area (Å²) in [6.45, 7) is -0.240. The second-order valence-corrected chi connectivity index (χ2v) is 5.74. The van der Waals surface area contributed by atoms with Crippen LogP contribution in [-0.2, 0) is 6.54 Å². The number of nitrogens with one attached hydrogen (secondary N) is 1. The number of aromatic nitrogens is 4. The summed E-state index contributed by atoms with van der Waals surface area (Å²) in [5.74, 6) is 0.825. The molecular weight excluding hydrogens is 318 g/mol. The number of halogens is 2. The van der Waals surface area contributed by atoms with E-state index >= 15 is 0 Å². The molecule has 130 valence electrons. The fourth-order valence-corrected chi connectivity index (χ4v) is 2.91. The molecule has 1 N–H and O–H groups in total. The van der Waals surface area contributed by atoms with Crippen LogP contribution in [0, 0.1) is 0 Å². The lowest BCUT2D eigenvalue weighted by molar-refractivity contribution is -0.0498. The van der Waals surface area contributed by atoms with Crippen LogP contribution in [0.1, 0.15) is 18.7 Å². The molecule has 1 aliphatic rings. The predicted octanol–water partition coefficient (Wildman–Crippen LogP) is 1.45. The zero-order valence-electron chi connectivity index (χ0n) is 13.4. The topological polar surface area (TPSA) is 68.1 Å². The minimum atomic E-state index is -2.83. The minimum absolute atomic E-state index is 0.108. The van der Waals surface area contributed by atoms with Gasteiger partial charge >= 0.3 is 6.61 Å². The molecule has 0 bridgehead atoms. The number of ether oxygens (including phenoxy) is 1. The molecule has 1 aromatic heterocycles. The number of nitrogens with zero attached hydrogens (tertiary/aromatic N) is 5. The number of hydrogen-bond donors (Lipinski definition) is 1. The van der Waals surface area contributed by atoms with Crippen LogP contribution in [0.15, 0.2) is 24.3 Å². The third-order valence-corrected chi connectivity index (χ3v) is 4.12. The number of hydrogen-bond acceptors (Lipinski definition) is 6. The molecule has 3 rings (SSSR count). The Morgan fingerprint density at radius 2 is 2.12 bits per heavy atom. The number of likely N-dealkylation sites (N-methyl/N-ethyl adjacent to an activating group) is 1. The highest BCUT2D eigenvalue weighted by atomic mass is 19.3. The van der Waals surface area contributed by atoms with Gasteiger partial charge in [-0.1, -0.05) is 0 Å². The van der Waals surface area contributed by atoms with E-state index in [-0.39, 0.29) is 5.75 Å². The normalized spacial score (nSPS) is 18.9. The van der Waals surface area contributed by atoms with Crippen molar-refractivity contribution < 1.29 is 13.5 Å². The lowest BCUT2D eigenvalue weighted by atomic mass is 10.1. The molecular formula is C15H20F2N6O.